The number of carbonyl (C=O) groups is 3. The highest BCUT2D eigenvalue weighted by molar-refractivity contribution is 6.11. The highest BCUT2D eigenvalue weighted by Gasteiger charge is 2.51. The molecule has 0 spiro atoms. The lowest BCUT2D eigenvalue weighted by atomic mass is 9.74. The van der Waals surface area contributed by atoms with Crippen LogP contribution in [0.3, 0.4) is 0 Å². The van der Waals surface area contributed by atoms with E-state index in [4.69, 9.17) is 42.6 Å². The number of benzene rings is 2. The molecule has 0 saturated carbocycles. The number of fused-ring (bicyclic) bond motifs is 2. The van der Waals surface area contributed by atoms with E-state index >= 15 is 0 Å². The first-order valence-corrected chi connectivity index (χ1v) is 20.4. The normalized spacial score (nSPS) is 35.9. The third-order valence-corrected chi connectivity index (χ3v) is 12.1. The molecule has 3 saturated heterocycles. The monoisotopic (exact) mass is 866 g/mol. The molecule has 19 heteroatoms. The number of aliphatic hydroxyl groups is 4. The lowest BCUT2D eigenvalue weighted by molar-refractivity contribution is -0.345. The van der Waals surface area contributed by atoms with Crippen molar-refractivity contribution in [3.63, 3.8) is 0 Å². The van der Waals surface area contributed by atoms with Crippen LogP contribution in [0.1, 0.15) is 75.4 Å². The zero-order chi connectivity index (χ0) is 44.8. The van der Waals surface area contributed by atoms with Gasteiger partial charge < -0.3 is 78.4 Å². The van der Waals surface area contributed by atoms with Crippen LogP contribution < -0.4 is 0 Å². The number of ketones is 2. The zero-order valence-electron chi connectivity index (χ0n) is 35.3. The number of aromatic hydroxyl groups is 3. The fourth-order valence-electron chi connectivity index (χ4n) is 8.97. The summed E-state index contributed by atoms with van der Waals surface area (Å²) in [6.45, 7) is 8.78. The Morgan fingerprint density at radius 3 is 2.02 bits per heavy atom. The largest absolute Gasteiger partial charge is 0.508 e. The van der Waals surface area contributed by atoms with E-state index in [0.717, 1.165) is 0 Å². The van der Waals surface area contributed by atoms with Gasteiger partial charge >= 0.3 is 5.97 Å². The Balaban J connectivity index is 1.26. The van der Waals surface area contributed by atoms with Crippen molar-refractivity contribution in [2.24, 2.45) is 5.92 Å². The Labute approximate surface area is 352 Å². The van der Waals surface area contributed by atoms with Crippen molar-refractivity contribution in [3.05, 3.63) is 28.8 Å². The van der Waals surface area contributed by atoms with E-state index in [1.165, 1.54) is 47.1 Å². The summed E-state index contributed by atoms with van der Waals surface area (Å²) >= 11 is 0. The van der Waals surface area contributed by atoms with Gasteiger partial charge in [-0.2, -0.15) is 0 Å². The van der Waals surface area contributed by atoms with Crippen LogP contribution in [0.2, 0.25) is 0 Å². The Morgan fingerprint density at radius 1 is 0.820 bits per heavy atom. The number of hydrogen-bond donors (Lipinski definition) is 7. The first kappa shape index (κ1) is 46.9. The predicted molar refractivity (Wildman–Crippen MR) is 209 cm³/mol. The average molecular weight is 867 g/mol. The number of esters is 1. The van der Waals surface area contributed by atoms with E-state index in [-0.39, 0.29) is 58.9 Å². The average Bonchev–Trinajstić information content (AvgIpc) is 3.17. The highest BCUT2D eigenvalue weighted by Crippen LogP contribution is 2.46. The molecule has 3 fully saturated rings. The summed E-state index contributed by atoms with van der Waals surface area (Å²) in [7, 11) is 2.66. The number of Topliss-reactive ketones (excluding diaryl/α,β-unsaturated/α-hetero) is 2. The SMILES string of the molecule is CO[C@@H]1[C@H](O)C[C@H](O[C@@H]2C[C@@H](O[C@@H]3C[C@@H](OC(C)=O)[C@@H](O[C@H]4C(=O)c5c(cc6cc(O)c(C)c(O)c6c5O)C[C@H]4[C@@H](OC)C(=O)[C@@H](O)[C@@H](C)O)[C@@H](C)O3)O[C@H](C)[C@H]2O)O[C@@H]1C. The quantitative estimate of drug-likeness (QED) is 0.139. The Kier molecular flexibility index (Phi) is 14.6. The highest BCUT2D eigenvalue weighted by atomic mass is 16.8. The minimum Gasteiger partial charge on any atom is -0.508 e. The molecule has 340 valence electrons. The Bertz CT molecular complexity index is 1910. The number of aliphatic hydroxyl groups excluding tert-OH is 4. The number of carbonyl (C=O) groups excluding carboxylic acids is 3. The van der Waals surface area contributed by atoms with Crippen LogP contribution in [0.25, 0.3) is 10.8 Å². The second kappa shape index (κ2) is 19.0. The maximum Gasteiger partial charge on any atom is 0.302 e. The fraction of sp³-hybridized carbons (Fsp3) is 0.690. The van der Waals surface area contributed by atoms with Crippen LogP contribution in [0.4, 0.5) is 0 Å². The third-order valence-electron chi connectivity index (χ3n) is 12.1. The molecule has 6 rings (SSSR count). The van der Waals surface area contributed by atoms with Crippen LogP contribution in [-0.4, -0.2) is 166 Å². The third kappa shape index (κ3) is 9.53. The molecule has 0 bridgehead atoms. The molecule has 1 aliphatic carbocycles. The number of hydrogen-bond acceptors (Lipinski definition) is 19. The summed E-state index contributed by atoms with van der Waals surface area (Å²) in [4.78, 5) is 40.9. The van der Waals surface area contributed by atoms with Crippen LogP contribution in [0.15, 0.2) is 12.1 Å². The molecule has 19 nitrogen and oxygen atoms in total. The summed E-state index contributed by atoms with van der Waals surface area (Å²) in [6.07, 6.45) is -17.6. The molecule has 2 aromatic rings. The van der Waals surface area contributed by atoms with Gasteiger partial charge in [-0.05, 0) is 64.1 Å². The first-order chi connectivity index (χ1) is 28.7. The molecule has 4 aliphatic rings. The molecule has 2 aromatic carbocycles. The van der Waals surface area contributed by atoms with E-state index in [2.05, 4.69) is 0 Å². The van der Waals surface area contributed by atoms with E-state index in [1.54, 1.807) is 20.8 Å². The van der Waals surface area contributed by atoms with Gasteiger partial charge in [0.2, 0.25) is 0 Å². The lowest BCUT2D eigenvalue weighted by Crippen LogP contribution is -2.58. The molecular formula is C42H58O19. The molecule has 0 radical (unpaired) electrons. The number of phenols is 3. The van der Waals surface area contributed by atoms with E-state index in [1.807, 2.05) is 0 Å². The topological polar surface area (TPSA) is 276 Å². The van der Waals surface area contributed by atoms with Crippen molar-refractivity contribution in [2.45, 2.75) is 165 Å². The molecule has 0 amide bonds. The molecule has 3 aliphatic heterocycles. The predicted octanol–water partition coefficient (Wildman–Crippen LogP) is 1.17. The van der Waals surface area contributed by atoms with Gasteiger partial charge in [-0.3, -0.25) is 14.4 Å². The van der Waals surface area contributed by atoms with Gasteiger partial charge in [0.1, 0.15) is 60.0 Å². The van der Waals surface area contributed by atoms with Crippen LogP contribution in [0, 0.1) is 12.8 Å². The number of phenolic OH excluding ortho intramolecular Hbond substituents is 3. The standard InChI is InChI=1S/C42H58O19/c1-15-24(45)11-22-9-21-10-23(41(54-8)38(52)34(48)16(2)43)42(37(51)32(21)36(50)31(22)33(15)47)61-40-19(5)57-30(14-27(40)58-20(6)44)60-29-13-26(35(49)17(3)55-29)59-28-12-25(46)39(53-7)18(4)56-28/h9,11,16-19,23,25-30,34-35,39-43,45-50H,10,12-14H2,1-8H3/t16-,17-,18-,19-,23+,25-,26-,27-,28+,29-,30-,34+,35-,39+,40+,41-,42-/m1/s1. The van der Waals surface area contributed by atoms with Crippen molar-refractivity contribution >= 4 is 28.3 Å². The van der Waals surface area contributed by atoms with Crippen LogP contribution in [-0.2, 0) is 58.6 Å². The lowest BCUT2D eigenvalue weighted by Gasteiger charge is -2.45. The summed E-state index contributed by atoms with van der Waals surface area (Å²) in [5, 5.41) is 75.4. The van der Waals surface area contributed by atoms with Gasteiger partial charge in [0.25, 0.3) is 0 Å². The summed E-state index contributed by atoms with van der Waals surface area (Å²) < 4.78 is 53.6. The van der Waals surface area contributed by atoms with Crippen molar-refractivity contribution in [1.82, 2.24) is 0 Å². The molecule has 0 aromatic heterocycles. The first-order valence-electron chi connectivity index (χ1n) is 20.4. The van der Waals surface area contributed by atoms with Crippen LogP contribution >= 0.6 is 0 Å². The van der Waals surface area contributed by atoms with Crippen molar-refractivity contribution in [3.8, 4) is 17.2 Å². The Morgan fingerprint density at radius 2 is 1.43 bits per heavy atom. The number of ether oxygens (including phenoxy) is 9. The summed E-state index contributed by atoms with van der Waals surface area (Å²) in [5.74, 6) is -5.00. The van der Waals surface area contributed by atoms with Gasteiger partial charge in [-0.1, -0.05) is 0 Å². The van der Waals surface area contributed by atoms with Gasteiger partial charge in [-0.25, -0.2) is 0 Å². The molecule has 7 N–H and O–H groups in total. The Hall–Kier alpha value is -3.57. The van der Waals surface area contributed by atoms with Crippen LogP contribution in [0.5, 0.6) is 17.2 Å². The van der Waals surface area contributed by atoms with Crippen molar-refractivity contribution in [1.29, 1.82) is 0 Å². The molecule has 17 atom stereocenters. The number of rotatable bonds is 13. The second-order valence-electron chi connectivity index (χ2n) is 16.5. The number of methoxy groups -OCH3 is 2. The summed E-state index contributed by atoms with van der Waals surface area (Å²) in [5.41, 5.74) is 0.0466. The van der Waals surface area contributed by atoms with E-state index < -0.39 is 133 Å². The van der Waals surface area contributed by atoms with Gasteiger partial charge in [0, 0.05) is 51.9 Å². The maximum atomic E-state index is 14.7. The van der Waals surface area contributed by atoms with E-state index in [9.17, 15) is 50.1 Å². The van der Waals surface area contributed by atoms with Gasteiger partial charge in [0.05, 0.1) is 47.6 Å². The minimum atomic E-state index is -1.91. The molecule has 61 heavy (non-hydrogen) atoms. The smallest absolute Gasteiger partial charge is 0.302 e. The van der Waals surface area contributed by atoms with E-state index in [0.29, 0.717) is 0 Å². The fourth-order valence-corrected chi connectivity index (χ4v) is 8.97. The van der Waals surface area contributed by atoms with Gasteiger partial charge in [-0.15, -0.1) is 0 Å². The summed E-state index contributed by atoms with van der Waals surface area (Å²) in [6, 6.07) is 2.79. The second-order valence-corrected chi connectivity index (χ2v) is 16.5. The minimum absolute atomic E-state index is 0.0191. The molecule has 0 unspecified atom stereocenters. The molecular weight excluding hydrogens is 808 g/mol. The zero-order valence-corrected chi connectivity index (χ0v) is 35.3. The van der Waals surface area contributed by atoms with Crippen molar-refractivity contribution in [2.75, 3.05) is 14.2 Å². The molecule has 3 heterocycles. The van der Waals surface area contributed by atoms with Gasteiger partial charge in [0.15, 0.2) is 30.4 Å². The van der Waals surface area contributed by atoms with Crippen molar-refractivity contribution < 1.29 is 92.8 Å². The maximum absolute atomic E-state index is 14.7.